The molecule has 0 aliphatic carbocycles. The Morgan fingerprint density at radius 1 is 1.31 bits per heavy atom. The normalized spacial score (nSPS) is 20.0. The third kappa shape index (κ3) is 3.44. The highest BCUT2D eigenvalue weighted by Gasteiger charge is 2.49. The maximum absolute atomic E-state index is 13.4. The van der Waals surface area contributed by atoms with E-state index in [0.29, 0.717) is 28.9 Å². The number of amides is 1. The Kier molecular flexibility index (Phi) is 4.73. The van der Waals surface area contributed by atoms with E-state index in [2.05, 4.69) is 16.8 Å². The maximum atomic E-state index is 13.4. The van der Waals surface area contributed by atoms with Crippen LogP contribution in [0.2, 0.25) is 0 Å². The van der Waals surface area contributed by atoms with Crippen LogP contribution in [-0.2, 0) is 4.79 Å². The molecule has 2 atom stereocenters. The van der Waals surface area contributed by atoms with Gasteiger partial charge < -0.3 is 9.64 Å². The van der Waals surface area contributed by atoms with Gasteiger partial charge in [0.1, 0.15) is 23.1 Å². The molecule has 3 heterocycles. The van der Waals surface area contributed by atoms with Crippen molar-refractivity contribution in [2.45, 2.75) is 38.8 Å². The van der Waals surface area contributed by atoms with E-state index in [0.717, 1.165) is 0 Å². The number of fused-ring (bicyclic) bond motifs is 4. The molecule has 29 heavy (non-hydrogen) atoms. The van der Waals surface area contributed by atoms with Crippen molar-refractivity contribution in [1.29, 1.82) is 0 Å². The van der Waals surface area contributed by atoms with E-state index >= 15 is 0 Å². The van der Waals surface area contributed by atoms with Crippen LogP contribution in [0.25, 0.3) is 0 Å². The minimum absolute atomic E-state index is 0.241. The molecule has 1 saturated heterocycles. The zero-order valence-electron chi connectivity index (χ0n) is 16.0. The summed E-state index contributed by atoms with van der Waals surface area (Å²) in [5.41, 5.74) is -0.0937. The van der Waals surface area contributed by atoms with Crippen molar-refractivity contribution in [3.8, 4) is 17.6 Å². The molecule has 4 rings (SSSR count). The van der Waals surface area contributed by atoms with Crippen LogP contribution in [0.5, 0.6) is 5.75 Å². The van der Waals surface area contributed by atoms with Crippen molar-refractivity contribution in [3.05, 3.63) is 59.2 Å². The molecule has 0 saturated carbocycles. The molecule has 0 unspecified atom stereocenters. The maximum Gasteiger partial charge on any atom is 0.252 e. The standard InChI is InChI=1S/C22H19F3N2O2/c1-22(2,20(24)25)21(28)27-12-16-9-18(27)17-11-26-10-14(19(17)29-16)7-6-13-4-3-5-15(23)8-13/h3-5,8,10-11,16,18,20H,9,12H2,1-2H3/t16-,18-/m0/s1. The van der Waals surface area contributed by atoms with Gasteiger partial charge in [0, 0.05) is 29.9 Å². The van der Waals surface area contributed by atoms with Crippen LogP contribution in [0.15, 0.2) is 36.7 Å². The number of ether oxygens (including phenoxy) is 1. The topological polar surface area (TPSA) is 42.4 Å². The smallest absolute Gasteiger partial charge is 0.252 e. The number of pyridine rings is 1. The Bertz CT molecular complexity index is 1030. The summed E-state index contributed by atoms with van der Waals surface area (Å²) in [7, 11) is 0. The second-order valence-corrected chi connectivity index (χ2v) is 7.84. The summed E-state index contributed by atoms with van der Waals surface area (Å²) in [5, 5.41) is 0. The van der Waals surface area contributed by atoms with E-state index in [1.165, 1.54) is 30.9 Å². The molecule has 4 nitrogen and oxygen atoms in total. The molecule has 2 bridgehead atoms. The van der Waals surface area contributed by atoms with Gasteiger partial charge in [0.15, 0.2) is 0 Å². The molecule has 1 fully saturated rings. The Labute approximate surface area is 166 Å². The number of nitrogens with zero attached hydrogens (tertiary/aromatic N) is 2. The minimum atomic E-state index is -2.77. The summed E-state index contributed by atoms with van der Waals surface area (Å²) in [6, 6.07) is 5.55. The molecule has 1 aromatic carbocycles. The van der Waals surface area contributed by atoms with Gasteiger partial charge in [-0.05, 0) is 32.0 Å². The summed E-state index contributed by atoms with van der Waals surface area (Å²) in [4.78, 5) is 18.5. The van der Waals surface area contributed by atoms with Gasteiger partial charge in [0.2, 0.25) is 5.91 Å². The van der Waals surface area contributed by atoms with Gasteiger partial charge in [0.25, 0.3) is 6.43 Å². The van der Waals surface area contributed by atoms with Crippen molar-refractivity contribution in [3.63, 3.8) is 0 Å². The number of carbonyl (C=O) groups excluding carboxylic acids is 1. The van der Waals surface area contributed by atoms with Gasteiger partial charge >= 0.3 is 0 Å². The molecule has 1 aromatic heterocycles. The molecule has 0 spiro atoms. The summed E-state index contributed by atoms with van der Waals surface area (Å²) < 4.78 is 46.1. The molecule has 0 N–H and O–H groups in total. The fourth-order valence-corrected chi connectivity index (χ4v) is 3.66. The molecule has 1 amide bonds. The van der Waals surface area contributed by atoms with Gasteiger partial charge in [0.05, 0.1) is 18.2 Å². The highest BCUT2D eigenvalue weighted by molar-refractivity contribution is 5.83. The number of aromatic nitrogens is 1. The van der Waals surface area contributed by atoms with Crippen LogP contribution in [0.3, 0.4) is 0 Å². The number of alkyl halides is 2. The van der Waals surface area contributed by atoms with Crippen molar-refractivity contribution in [2.24, 2.45) is 5.41 Å². The molecular formula is C22H19F3N2O2. The monoisotopic (exact) mass is 400 g/mol. The SMILES string of the molecule is CC(C)(C(=O)N1C[C@@H]2C[C@H]1c1cncc(C#Cc3cccc(F)c3)c1O2)C(F)F. The third-order valence-corrected chi connectivity index (χ3v) is 5.35. The lowest BCUT2D eigenvalue weighted by Crippen LogP contribution is -2.44. The van der Waals surface area contributed by atoms with Gasteiger partial charge in [-0.25, -0.2) is 13.2 Å². The number of rotatable bonds is 2. The van der Waals surface area contributed by atoms with Crippen LogP contribution in [0.4, 0.5) is 13.2 Å². The van der Waals surface area contributed by atoms with Crippen LogP contribution in [0, 0.1) is 23.1 Å². The molecular weight excluding hydrogens is 381 g/mol. The average molecular weight is 400 g/mol. The second-order valence-electron chi connectivity index (χ2n) is 7.84. The molecule has 7 heteroatoms. The quantitative estimate of drug-likeness (QED) is 0.717. The summed E-state index contributed by atoms with van der Waals surface area (Å²) in [6.07, 6.45) is 0.607. The predicted octanol–water partition coefficient (Wildman–Crippen LogP) is 3.95. The lowest BCUT2D eigenvalue weighted by molar-refractivity contribution is -0.149. The van der Waals surface area contributed by atoms with Crippen LogP contribution >= 0.6 is 0 Å². The average Bonchev–Trinajstić information content (AvgIpc) is 3.03. The highest BCUT2D eigenvalue weighted by atomic mass is 19.3. The number of hydrogen-bond donors (Lipinski definition) is 0. The van der Waals surface area contributed by atoms with Gasteiger partial charge in [-0.1, -0.05) is 17.9 Å². The number of halogens is 3. The van der Waals surface area contributed by atoms with E-state index < -0.39 is 17.7 Å². The van der Waals surface area contributed by atoms with Crippen molar-refractivity contribution in [2.75, 3.05) is 6.54 Å². The Morgan fingerprint density at radius 3 is 2.83 bits per heavy atom. The first-order valence-electron chi connectivity index (χ1n) is 9.28. The first kappa shape index (κ1) is 19.3. The van der Waals surface area contributed by atoms with Gasteiger partial charge in [-0.3, -0.25) is 9.78 Å². The molecule has 2 aliphatic rings. The van der Waals surface area contributed by atoms with E-state index in [1.807, 2.05) is 0 Å². The number of likely N-dealkylation sites (tertiary alicyclic amines) is 1. The van der Waals surface area contributed by atoms with Crippen LogP contribution < -0.4 is 4.74 Å². The fraction of sp³-hybridized carbons (Fsp3) is 0.364. The van der Waals surface area contributed by atoms with Gasteiger partial charge in [-0.15, -0.1) is 0 Å². The number of carbonyl (C=O) groups is 1. The van der Waals surface area contributed by atoms with Crippen molar-refractivity contribution >= 4 is 5.91 Å². The zero-order valence-corrected chi connectivity index (χ0v) is 16.0. The van der Waals surface area contributed by atoms with Gasteiger partial charge in [-0.2, -0.15) is 0 Å². The largest absolute Gasteiger partial charge is 0.487 e. The predicted molar refractivity (Wildman–Crippen MR) is 99.9 cm³/mol. The highest BCUT2D eigenvalue weighted by Crippen LogP contribution is 2.46. The van der Waals surface area contributed by atoms with E-state index in [-0.39, 0.29) is 24.5 Å². The van der Waals surface area contributed by atoms with Crippen molar-refractivity contribution < 1.29 is 22.7 Å². The van der Waals surface area contributed by atoms with Crippen LogP contribution in [0.1, 0.15) is 43.0 Å². The lowest BCUT2D eigenvalue weighted by atomic mass is 9.91. The third-order valence-electron chi connectivity index (χ3n) is 5.35. The summed E-state index contributed by atoms with van der Waals surface area (Å²) in [6.45, 7) is 2.75. The Morgan fingerprint density at radius 2 is 2.10 bits per heavy atom. The first-order valence-corrected chi connectivity index (χ1v) is 9.28. The van der Waals surface area contributed by atoms with E-state index in [9.17, 15) is 18.0 Å². The summed E-state index contributed by atoms with van der Waals surface area (Å²) in [5.74, 6) is 5.36. The zero-order chi connectivity index (χ0) is 20.8. The van der Waals surface area contributed by atoms with E-state index in [4.69, 9.17) is 4.74 Å². The lowest BCUT2D eigenvalue weighted by Gasteiger charge is -2.32. The Balaban J connectivity index is 1.68. The molecule has 0 radical (unpaired) electrons. The molecule has 2 aliphatic heterocycles. The second kappa shape index (κ2) is 7.11. The van der Waals surface area contributed by atoms with Crippen LogP contribution in [-0.4, -0.2) is 34.9 Å². The van der Waals surface area contributed by atoms with Crippen molar-refractivity contribution in [1.82, 2.24) is 9.88 Å². The molecule has 150 valence electrons. The minimum Gasteiger partial charge on any atom is -0.487 e. The Hall–Kier alpha value is -3.01. The first-order chi connectivity index (χ1) is 13.8. The molecule has 2 aromatic rings. The summed E-state index contributed by atoms with van der Waals surface area (Å²) >= 11 is 0. The van der Waals surface area contributed by atoms with E-state index in [1.54, 1.807) is 24.5 Å². The fourth-order valence-electron chi connectivity index (χ4n) is 3.66. The number of hydrogen-bond acceptors (Lipinski definition) is 3. The number of benzene rings is 1.